The summed E-state index contributed by atoms with van der Waals surface area (Å²) in [7, 11) is 0. The molecule has 7 nitrogen and oxygen atoms in total. The first-order valence-electron chi connectivity index (χ1n) is 11.3. The largest absolute Gasteiger partial charge is 0.493 e. The number of rotatable bonds is 9. The predicted octanol–water partition coefficient (Wildman–Crippen LogP) is 3.64. The van der Waals surface area contributed by atoms with E-state index in [2.05, 4.69) is 17.0 Å². The highest BCUT2D eigenvalue weighted by Gasteiger charge is 2.33. The van der Waals surface area contributed by atoms with Crippen molar-refractivity contribution in [3.8, 4) is 11.6 Å². The Morgan fingerprint density at radius 3 is 2.77 bits per heavy atom. The Bertz CT molecular complexity index is 794. The predicted molar refractivity (Wildman–Crippen MR) is 114 cm³/mol. The molecule has 0 unspecified atom stereocenters. The van der Waals surface area contributed by atoms with E-state index in [0.717, 1.165) is 69.3 Å². The average molecular weight is 419 g/mol. The van der Waals surface area contributed by atoms with Crippen LogP contribution in [-0.4, -0.2) is 66.8 Å². The van der Waals surface area contributed by atoms with E-state index in [4.69, 9.17) is 18.7 Å². The Kier molecular flexibility index (Phi) is 7.12. The van der Waals surface area contributed by atoms with Crippen molar-refractivity contribution < 1.29 is 23.8 Å². The highest BCUT2D eigenvalue weighted by molar-refractivity contribution is 5.88. The number of benzene rings is 1. The van der Waals surface area contributed by atoms with Gasteiger partial charge in [0, 0.05) is 32.6 Å². The number of β-amino-alcohol motifs (C(OH)–C–C–N with tert-alkyl or cyclic N) is 1. The van der Waals surface area contributed by atoms with E-state index in [-0.39, 0.29) is 0 Å². The molecule has 4 rings (SSSR count). The molecule has 0 amide bonds. The third-order valence-corrected chi connectivity index (χ3v) is 6.29. The van der Waals surface area contributed by atoms with Crippen molar-refractivity contribution in [1.29, 1.82) is 0 Å². The SMILES string of the molecule is CCCCOc1cccc2onc(OCC3CCN(CC4(O)CCOCC4)CC3)c12. The summed E-state index contributed by atoms with van der Waals surface area (Å²) in [6, 6.07) is 5.75. The number of likely N-dealkylation sites (tertiary alicyclic amines) is 1. The van der Waals surface area contributed by atoms with Crippen LogP contribution in [0.5, 0.6) is 11.6 Å². The van der Waals surface area contributed by atoms with Gasteiger partial charge in [0.15, 0.2) is 5.58 Å². The normalized spacial score (nSPS) is 20.5. The lowest BCUT2D eigenvalue weighted by Crippen LogP contribution is -2.49. The Balaban J connectivity index is 1.29. The molecule has 1 N–H and O–H groups in total. The minimum Gasteiger partial charge on any atom is -0.493 e. The molecular formula is C23H34N2O5. The third-order valence-electron chi connectivity index (χ3n) is 6.29. The molecule has 30 heavy (non-hydrogen) atoms. The van der Waals surface area contributed by atoms with Gasteiger partial charge < -0.3 is 28.7 Å². The highest BCUT2D eigenvalue weighted by atomic mass is 16.5. The number of aliphatic hydroxyl groups is 1. The molecule has 2 saturated heterocycles. The second-order valence-corrected chi connectivity index (χ2v) is 8.69. The van der Waals surface area contributed by atoms with E-state index in [1.807, 2.05) is 18.2 Å². The second kappa shape index (κ2) is 9.98. The van der Waals surface area contributed by atoms with Crippen molar-refractivity contribution in [2.24, 2.45) is 5.92 Å². The van der Waals surface area contributed by atoms with Crippen LogP contribution >= 0.6 is 0 Å². The fourth-order valence-corrected chi connectivity index (χ4v) is 4.31. The van der Waals surface area contributed by atoms with Gasteiger partial charge in [-0.2, -0.15) is 0 Å². The molecule has 2 aliphatic heterocycles. The fraction of sp³-hybridized carbons (Fsp3) is 0.696. The summed E-state index contributed by atoms with van der Waals surface area (Å²) < 4.78 is 22.8. The molecule has 7 heteroatoms. The van der Waals surface area contributed by atoms with Gasteiger partial charge in [-0.15, -0.1) is 0 Å². The van der Waals surface area contributed by atoms with Crippen LogP contribution in [0.15, 0.2) is 22.7 Å². The van der Waals surface area contributed by atoms with E-state index in [9.17, 15) is 5.11 Å². The van der Waals surface area contributed by atoms with Crippen molar-refractivity contribution in [1.82, 2.24) is 10.1 Å². The smallest absolute Gasteiger partial charge is 0.265 e. The first kappa shape index (κ1) is 21.4. The lowest BCUT2D eigenvalue weighted by Gasteiger charge is -2.39. The summed E-state index contributed by atoms with van der Waals surface area (Å²) in [4.78, 5) is 2.38. The minimum absolute atomic E-state index is 0.477. The maximum Gasteiger partial charge on any atom is 0.265 e. The van der Waals surface area contributed by atoms with E-state index in [0.29, 0.717) is 43.8 Å². The number of fused-ring (bicyclic) bond motifs is 1. The van der Waals surface area contributed by atoms with Crippen LogP contribution in [0, 0.1) is 5.92 Å². The Hall–Kier alpha value is -1.83. The van der Waals surface area contributed by atoms with Gasteiger partial charge in [0.25, 0.3) is 5.88 Å². The quantitative estimate of drug-likeness (QED) is 0.623. The Morgan fingerprint density at radius 1 is 1.20 bits per heavy atom. The van der Waals surface area contributed by atoms with Crippen LogP contribution in [0.4, 0.5) is 0 Å². The number of hydrogen-bond donors (Lipinski definition) is 1. The summed E-state index contributed by atoms with van der Waals surface area (Å²) >= 11 is 0. The van der Waals surface area contributed by atoms with Crippen molar-refractivity contribution >= 4 is 11.0 Å². The molecule has 0 aliphatic carbocycles. The molecule has 3 heterocycles. The van der Waals surface area contributed by atoms with E-state index in [1.165, 1.54) is 0 Å². The first-order chi connectivity index (χ1) is 14.7. The summed E-state index contributed by atoms with van der Waals surface area (Å²) in [5.41, 5.74) is 0.105. The van der Waals surface area contributed by atoms with Gasteiger partial charge in [-0.1, -0.05) is 19.4 Å². The molecule has 1 aromatic heterocycles. The number of ether oxygens (including phenoxy) is 3. The summed E-state index contributed by atoms with van der Waals surface area (Å²) in [5.74, 6) is 1.78. The highest BCUT2D eigenvalue weighted by Crippen LogP contribution is 2.34. The van der Waals surface area contributed by atoms with Gasteiger partial charge in [0.1, 0.15) is 11.1 Å². The van der Waals surface area contributed by atoms with Gasteiger partial charge in [0.2, 0.25) is 0 Å². The second-order valence-electron chi connectivity index (χ2n) is 8.69. The third kappa shape index (κ3) is 5.25. The number of nitrogens with zero attached hydrogens (tertiary/aromatic N) is 2. The van der Waals surface area contributed by atoms with Gasteiger partial charge in [-0.05, 0) is 55.6 Å². The first-order valence-corrected chi connectivity index (χ1v) is 11.3. The summed E-state index contributed by atoms with van der Waals surface area (Å²) in [5, 5.41) is 15.7. The van der Waals surface area contributed by atoms with E-state index < -0.39 is 5.60 Å². The maximum absolute atomic E-state index is 10.7. The number of unbranched alkanes of at least 4 members (excludes halogenated alkanes) is 1. The van der Waals surface area contributed by atoms with Crippen LogP contribution in [0.3, 0.4) is 0 Å². The van der Waals surface area contributed by atoms with E-state index in [1.54, 1.807) is 0 Å². The van der Waals surface area contributed by atoms with Gasteiger partial charge >= 0.3 is 0 Å². The fourth-order valence-electron chi connectivity index (χ4n) is 4.31. The number of aromatic nitrogens is 1. The topological polar surface area (TPSA) is 77.2 Å². The Labute approximate surface area is 178 Å². The molecule has 2 aliphatic rings. The van der Waals surface area contributed by atoms with Crippen LogP contribution in [0.25, 0.3) is 11.0 Å². The van der Waals surface area contributed by atoms with Crippen molar-refractivity contribution in [3.63, 3.8) is 0 Å². The van der Waals surface area contributed by atoms with E-state index >= 15 is 0 Å². The molecule has 0 saturated carbocycles. The van der Waals surface area contributed by atoms with Crippen LogP contribution in [0.1, 0.15) is 45.4 Å². The number of piperidine rings is 1. The molecule has 1 aromatic carbocycles. The standard InChI is InChI=1S/C23H34N2O5/c1-2-3-13-28-19-5-4-6-20-21(19)22(24-30-20)29-16-18-7-11-25(12-8-18)17-23(26)9-14-27-15-10-23/h4-6,18,26H,2-3,7-17H2,1H3. The monoisotopic (exact) mass is 418 g/mol. The summed E-state index contributed by atoms with van der Waals surface area (Å²) in [6.45, 7) is 7.50. The molecule has 0 spiro atoms. The minimum atomic E-state index is -0.588. The molecular weight excluding hydrogens is 384 g/mol. The van der Waals surface area contributed by atoms with Crippen LogP contribution in [0.2, 0.25) is 0 Å². The van der Waals surface area contributed by atoms with Gasteiger partial charge in [0.05, 0.1) is 18.8 Å². The zero-order chi connectivity index (χ0) is 20.8. The molecule has 2 aromatic rings. The molecule has 0 radical (unpaired) electrons. The molecule has 166 valence electrons. The van der Waals surface area contributed by atoms with Crippen molar-refractivity contribution in [2.45, 2.75) is 51.0 Å². The molecule has 0 atom stereocenters. The number of hydrogen-bond acceptors (Lipinski definition) is 7. The average Bonchev–Trinajstić information content (AvgIpc) is 3.18. The summed E-state index contributed by atoms with van der Waals surface area (Å²) in [6.07, 6.45) is 5.69. The molecule has 0 bridgehead atoms. The van der Waals surface area contributed by atoms with Gasteiger partial charge in [-0.3, -0.25) is 0 Å². The zero-order valence-corrected chi connectivity index (χ0v) is 18.0. The van der Waals surface area contributed by atoms with Crippen molar-refractivity contribution in [2.75, 3.05) is 46.1 Å². The lowest BCUT2D eigenvalue weighted by molar-refractivity contribution is -0.0834. The Morgan fingerprint density at radius 2 is 2.00 bits per heavy atom. The lowest BCUT2D eigenvalue weighted by atomic mass is 9.91. The maximum atomic E-state index is 10.7. The van der Waals surface area contributed by atoms with Crippen LogP contribution < -0.4 is 9.47 Å². The van der Waals surface area contributed by atoms with Crippen LogP contribution in [-0.2, 0) is 4.74 Å². The molecule has 2 fully saturated rings. The van der Waals surface area contributed by atoms with Crippen molar-refractivity contribution in [3.05, 3.63) is 18.2 Å². The zero-order valence-electron chi connectivity index (χ0n) is 18.0. The van der Waals surface area contributed by atoms with Gasteiger partial charge in [-0.25, -0.2) is 0 Å².